The van der Waals surface area contributed by atoms with Crippen molar-refractivity contribution in [1.82, 2.24) is 10.2 Å². The van der Waals surface area contributed by atoms with E-state index in [-0.39, 0.29) is 12.1 Å². The van der Waals surface area contributed by atoms with Crippen molar-refractivity contribution in [3.05, 3.63) is 12.7 Å². The van der Waals surface area contributed by atoms with E-state index in [1.165, 1.54) is 0 Å². The standard InChI is InChI=1S/C12H22N2O3/c1-5-8-14(9(2)3)12(17)13-7-6-10(4)11(15)16/h5,9-10H,1,6-8H2,2-4H3,(H,13,17)(H,15,16). The Labute approximate surface area is 102 Å². The number of rotatable bonds is 7. The van der Waals surface area contributed by atoms with Crippen molar-refractivity contribution < 1.29 is 14.7 Å². The van der Waals surface area contributed by atoms with E-state index in [1.807, 2.05) is 13.8 Å². The quantitative estimate of drug-likeness (QED) is 0.668. The van der Waals surface area contributed by atoms with Crippen molar-refractivity contribution in [2.24, 2.45) is 5.92 Å². The fraction of sp³-hybridized carbons (Fsp3) is 0.667. The van der Waals surface area contributed by atoms with Gasteiger partial charge in [0.15, 0.2) is 0 Å². The largest absolute Gasteiger partial charge is 0.481 e. The number of hydrogen-bond acceptors (Lipinski definition) is 2. The van der Waals surface area contributed by atoms with Crippen LogP contribution in [0.4, 0.5) is 4.79 Å². The Kier molecular flexibility index (Phi) is 7.02. The second kappa shape index (κ2) is 7.70. The lowest BCUT2D eigenvalue weighted by Gasteiger charge is -2.25. The van der Waals surface area contributed by atoms with E-state index in [4.69, 9.17) is 5.11 Å². The van der Waals surface area contributed by atoms with E-state index in [9.17, 15) is 9.59 Å². The molecule has 0 rings (SSSR count). The third-order valence-electron chi connectivity index (χ3n) is 2.49. The molecule has 0 aromatic carbocycles. The van der Waals surface area contributed by atoms with Gasteiger partial charge < -0.3 is 15.3 Å². The molecule has 0 aromatic heterocycles. The monoisotopic (exact) mass is 242 g/mol. The molecule has 0 saturated carbocycles. The molecule has 5 nitrogen and oxygen atoms in total. The van der Waals surface area contributed by atoms with E-state index in [2.05, 4.69) is 11.9 Å². The Morgan fingerprint density at radius 2 is 2.00 bits per heavy atom. The third kappa shape index (κ3) is 5.94. The van der Waals surface area contributed by atoms with Gasteiger partial charge in [0.25, 0.3) is 0 Å². The maximum atomic E-state index is 11.7. The normalized spacial score (nSPS) is 12.0. The zero-order chi connectivity index (χ0) is 13.4. The number of urea groups is 1. The number of nitrogens with zero attached hydrogens (tertiary/aromatic N) is 1. The molecule has 0 aliphatic rings. The van der Waals surface area contributed by atoms with Gasteiger partial charge in [0.05, 0.1) is 5.92 Å². The number of carboxylic acid groups (broad SMARTS) is 1. The average Bonchev–Trinajstić information content (AvgIpc) is 2.24. The fourth-order valence-corrected chi connectivity index (χ4v) is 1.29. The SMILES string of the molecule is C=CCN(C(=O)NCCC(C)C(=O)O)C(C)C. The van der Waals surface area contributed by atoms with Crippen LogP contribution in [0.1, 0.15) is 27.2 Å². The third-order valence-corrected chi connectivity index (χ3v) is 2.49. The summed E-state index contributed by atoms with van der Waals surface area (Å²) in [6.07, 6.45) is 2.10. The van der Waals surface area contributed by atoms with Crippen molar-refractivity contribution in [3.63, 3.8) is 0 Å². The maximum Gasteiger partial charge on any atom is 0.317 e. The first-order valence-electron chi connectivity index (χ1n) is 5.78. The number of hydrogen-bond donors (Lipinski definition) is 2. The minimum atomic E-state index is -0.842. The molecular weight excluding hydrogens is 220 g/mol. The van der Waals surface area contributed by atoms with Crippen LogP contribution in [-0.2, 0) is 4.79 Å². The molecule has 1 unspecified atom stereocenters. The molecule has 0 spiro atoms. The second-order valence-electron chi connectivity index (χ2n) is 4.29. The molecule has 0 aliphatic carbocycles. The molecule has 98 valence electrons. The summed E-state index contributed by atoms with van der Waals surface area (Å²) in [5, 5.41) is 11.4. The van der Waals surface area contributed by atoms with Gasteiger partial charge in [-0.2, -0.15) is 0 Å². The zero-order valence-corrected chi connectivity index (χ0v) is 10.8. The number of amides is 2. The first-order chi connectivity index (χ1) is 7.90. The van der Waals surface area contributed by atoms with Crippen LogP contribution in [0.2, 0.25) is 0 Å². The second-order valence-corrected chi connectivity index (χ2v) is 4.29. The predicted octanol–water partition coefficient (Wildman–Crippen LogP) is 1.70. The maximum absolute atomic E-state index is 11.7. The predicted molar refractivity (Wildman–Crippen MR) is 66.9 cm³/mol. The van der Waals surface area contributed by atoms with Crippen LogP contribution >= 0.6 is 0 Å². The van der Waals surface area contributed by atoms with Crippen LogP contribution in [0.5, 0.6) is 0 Å². The fourth-order valence-electron chi connectivity index (χ4n) is 1.29. The molecule has 0 radical (unpaired) electrons. The summed E-state index contributed by atoms with van der Waals surface area (Å²) in [5.74, 6) is -1.28. The van der Waals surface area contributed by atoms with Crippen molar-refractivity contribution in [2.45, 2.75) is 33.2 Å². The van der Waals surface area contributed by atoms with Gasteiger partial charge in [0.2, 0.25) is 0 Å². The highest BCUT2D eigenvalue weighted by atomic mass is 16.4. The molecule has 17 heavy (non-hydrogen) atoms. The number of aliphatic carboxylic acids is 1. The molecule has 2 amide bonds. The molecule has 1 atom stereocenters. The average molecular weight is 242 g/mol. The summed E-state index contributed by atoms with van der Waals surface area (Å²) >= 11 is 0. The zero-order valence-electron chi connectivity index (χ0n) is 10.8. The molecule has 2 N–H and O–H groups in total. The Bertz CT molecular complexity index is 277. The van der Waals surface area contributed by atoms with Gasteiger partial charge in [-0.05, 0) is 20.3 Å². The van der Waals surface area contributed by atoms with E-state index >= 15 is 0 Å². The van der Waals surface area contributed by atoms with E-state index in [0.29, 0.717) is 19.5 Å². The van der Waals surface area contributed by atoms with Crippen molar-refractivity contribution in [3.8, 4) is 0 Å². The van der Waals surface area contributed by atoms with Gasteiger partial charge >= 0.3 is 12.0 Å². The first-order valence-corrected chi connectivity index (χ1v) is 5.78. The van der Waals surface area contributed by atoms with Gasteiger partial charge in [-0.15, -0.1) is 6.58 Å². The molecule has 0 heterocycles. The van der Waals surface area contributed by atoms with Crippen LogP contribution in [0.15, 0.2) is 12.7 Å². The van der Waals surface area contributed by atoms with Gasteiger partial charge in [-0.25, -0.2) is 4.79 Å². The summed E-state index contributed by atoms with van der Waals surface area (Å²) in [4.78, 5) is 24.0. The van der Waals surface area contributed by atoms with Gasteiger partial charge in [0.1, 0.15) is 0 Å². The Balaban J connectivity index is 4.06. The van der Waals surface area contributed by atoms with Crippen LogP contribution in [0.25, 0.3) is 0 Å². The Morgan fingerprint density at radius 3 is 2.41 bits per heavy atom. The number of nitrogens with one attached hydrogen (secondary N) is 1. The van der Waals surface area contributed by atoms with Crippen LogP contribution in [0.3, 0.4) is 0 Å². The van der Waals surface area contributed by atoms with Crippen molar-refractivity contribution in [2.75, 3.05) is 13.1 Å². The summed E-state index contributed by atoms with van der Waals surface area (Å²) in [7, 11) is 0. The van der Waals surface area contributed by atoms with Crippen molar-refractivity contribution in [1.29, 1.82) is 0 Å². The summed E-state index contributed by atoms with van der Waals surface area (Å²) < 4.78 is 0. The minimum absolute atomic E-state index is 0.0879. The van der Waals surface area contributed by atoms with Crippen molar-refractivity contribution >= 4 is 12.0 Å². The lowest BCUT2D eigenvalue weighted by molar-refractivity contribution is -0.141. The minimum Gasteiger partial charge on any atom is -0.481 e. The Morgan fingerprint density at radius 1 is 1.41 bits per heavy atom. The van der Waals surface area contributed by atoms with Crippen LogP contribution in [0, 0.1) is 5.92 Å². The molecule has 0 bridgehead atoms. The van der Waals surface area contributed by atoms with Gasteiger partial charge in [-0.3, -0.25) is 4.79 Å². The first kappa shape index (κ1) is 15.5. The van der Waals surface area contributed by atoms with E-state index < -0.39 is 11.9 Å². The summed E-state index contributed by atoms with van der Waals surface area (Å²) in [6.45, 7) is 9.91. The molecule has 0 aromatic rings. The smallest absolute Gasteiger partial charge is 0.317 e. The number of carboxylic acids is 1. The summed E-state index contributed by atoms with van der Waals surface area (Å²) in [5.41, 5.74) is 0. The van der Waals surface area contributed by atoms with Gasteiger partial charge in [-0.1, -0.05) is 13.0 Å². The Hall–Kier alpha value is -1.52. The molecule has 0 aliphatic heterocycles. The van der Waals surface area contributed by atoms with E-state index in [1.54, 1.807) is 17.9 Å². The van der Waals surface area contributed by atoms with E-state index in [0.717, 1.165) is 0 Å². The highest BCUT2D eigenvalue weighted by Crippen LogP contribution is 2.02. The topological polar surface area (TPSA) is 69.6 Å². The lowest BCUT2D eigenvalue weighted by atomic mass is 10.1. The number of carbonyl (C=O) groups excluding carboxylic acids is 1. The lowest BCUT2D eigenvalue weighted by Crippen LogP contribution is -2.44. The molecule has 0 saturated heterocycles. The van der Waals surface area contributed by atoms with Crippen LogP contribution in [-0.4, -0.2) is 41.1 Å². The highest BCUT2D eigenvalue weighted by molar-refractivity contribution is 5.74. The van der Waals surface area contributed by atoms with Gasteiger partial charge in [0, 0.05) is 19.1 Å². The molecular formula is C12H22N2O3. The highest BCUT2D eigenvalue weighted by Gasteiger charge is 2.16. The van der Waals surface area contributed by atoms with Crippen LogP contribution < -0.4 is 5.32 Å². The molecule has 5 heteroatoms. The number of carbonyl (C=O) groups is 2. The summed E-state index contributed by atoms with van der Waals surface area (Å²) in [6, 6.07) is -0.0950. The molecule has 0 fully saturated rings.